The van der Waals surface area contributed by atoms with Gasteiger partial charge >= 0.3 is 0 Å². The van der Waals surface area contributed by atoms with Gasteiger partial charge < -0.3 is 14.7 Å². The molecule has 0 saturated carbocycles. The van der Waals surface area contributed by atoms with Gasteiger partial charge in [-0.15, -0.1) is 0 Å². The Kier molecular flexibility index (Phi) is 3.02. The largest absolute Gasteiger partial charge is 0.455 e. The molecule has 0 unspecified atom stereocenters. The van der Waals surface area contributed by atoms with Crippen molar-refractivity contribution >= 4 is 11.6 Å². The van der Waals surface area contributed by atoms with Crippen molar-refractivity contribution in [3.05, 3.63) is 41.2 Å². The predicted molar refractivity (Wildman–Crippen MR) is 68.1 cm³/mol. The van der Waals surface area contributed by atoms with Gasteiger partial charge in [-0.3, -0.25) is 4.98 Å². The lowest BCUT2D eigenvalue weighted by atomic mass is 10.3. The SMILES string of the molecule is NCc1ccc(-c2nc(-c3ccc(Cl)cn3)no2)o1. The lowest BCUT2D eigenvalue weighted by molar-refractivity contribution is 0.412. The van der Waals surface area contributed by atoms with Gasteiger partial charge in [0.25, 0.3) is 5.89 Å². The quantitative estimate of drug-likeness (QED) is 0.790. The van der Waals surface area contributed by atoms with E-state index < -0.39 is 0 Å². The van der Waals surface area contributed by atoms with Crippen LogP contribution in [0.15, 0.2) is 39.4 Å². The Morgan fingerprint density at radius 2 is 2.11 bits per heavy atom. The van der Waals surface area contributed by atoms with Crippen LogP contribution in [0.2, 0.25) is 5.02 Å². The molecule has 0 spiro atoms. The summed E-state index contributed by atoms with van der Waals surface area (Å²) >= 11 is 5.77. The van der Waals surface area contributed by atoms with E-state index in [2.05, 4.69) is 15.1 Å². The summed E-state index contributed by atoms with van der Waals surface area (Å²) in [6.07, 6.45) is 1.52. The second-order valence-electron chi connectivity index (χ2n) is 3.75. The van der Waals surface area contributed by atoms with Crippen LogP contribution >= 0.6 is 11.6 Å². The van der Waals surface area contributed by atoms with Crippen LogP contribution in [0.5, 0.6) is 0 Å². The molecular weight excluding hydrogens is 268 g/mol. The van der Waals surface area contributed by atoms with E-state index in [1.165, 1.54) is 6.20 Å². The van der Waals surface area contributed by atoms with Crippen LogP contribution < -0.4 is 5.73 Å². The van der Waals surface area contributed by atoms with Gasteiger partial charge in [0.2, 0.25) is 5.82 Å². The zero-order valence-electron chi connectivity index (χ0n) is 9.71. The van der Waals surface area contributed by atoms with E-state index in [4.69, 9.17) is 26.3 Å². The molecule has 0 radical (unpaired) electrons. The molecule has 96 valence electrons. The summed E-state index contributed by atoms with van der Waals surface area (Å²) in [6.45, 7) is 0.319. The molecule has 3 aromatic heterocycles. The van der Waals surface area contributed by atoms with Gasteiger partial charge in [-0.05, 0) is 24.3 Å². The van der Waals surface area contributed by atoms with Crippen molar-refractivity contribution < 1.29 is 8.94 Å². The maximum Gasteiger partial charge on any atom is 0.293 e. The minimum atomic E-state index is 0.284. The van der Waals surface area contributed by atoms with Crippen LogP contribution in [-0.4, -0.2) is 15.1 Å². The smallest absolute Gasteiger partial charge is 0.293 e. The third-order valence-electron chi connectivity index (χ3n) is 2.46. The number of nitrogens with two attached hydrogens (primary N) is 1. The third-order valence-corrected chi connectivity index (χ3v) is 2.68. The first-order valence-corrected chi connectivity index (χ1v) is 5.89. The number of halogens is 1. The first-order valence-electron chi connectivity index (χ1n) is 5.51. The highest BCUT2D eigenvalue weighted by Gasteiger charge is 2.14. The average Bonchev–Trinajstić information content (AvgIpc) is 3.08. The number of hydrogen-bond donors (Lipinski definition) is 1. The van der Waals surface area contributed by atoms with Crippen LogP contribution in [0, 0.1) is 0 Å². The van der Waals surface area contributed by atoms with Gasteiger partial charge in [-0.1, -0.05) is 16.8 Å². The lowest BCUT2D eigenvalue weighted by Crippen LogP contribution is -1.92. The lowest BCUT2D eigenvalue weighted by Gasteiger charge is -1.92. The second-order valence-corrected chi connectivity index (χ2v) is 4.19. The van der Waals surface area contributed by atoms with Crippen LogP contribution in [0.25, 0.3) is 23.2 Å². The van der Waals surface area contributed by atoms with Crippen LogP contribution in [0.3, 0.4) is 0 Å². The molecule has 0 saturated heterocycles. The van der Waals surface area contributed by atoms with E-state index in [1.807, 2.05) is 0 Å². The molecule has 3 heterocycles. The maximum absolute atomic E-state index is 5.77. The van der Waals surface area contributed by atoms with E-state index in [1.54, 1.807) is 24.3 Å². The summed E-state index contributed by atoms with van der Waals surface area (Å²) in [6, 6.07) is 6.91. The Labute approximate surface area is 113 Å². The fraction of sp³-hybridized carbons (Fsp3) is 0.0833. The fourth-order valence-corrected chi connectivity index (χ4v) is 1.65. The zero-order chi connectivity index (χ0) is 13.2. The van der Waals surface area contributed by atoms with E-state index in [0.717, 1.165) is 0 Å². The average molecular weight is 277 g/mol. The highest BCUT2D eigenvalue weighted by atomic mass is 35.5. The Balaban J connectivity index is 1.92. The number of nitrogens with zero attached hydrogens (tertiary/aromatic N) is 3. The first-order chi connectivity index (χ1) is 9.26. The minimum Gasteiger partial charge on any atom is -0.455 e. The Hall–Kier alpha value is -2.18. The standard InChI is InChI=1S/C12H9ClN4O2/c13-7-1-3-9(15-6-7)11-16-12(19-17-11)10-4-2-8(5-14)18-10/h1-4,6H,5,14H2. The molecule has 0 aliphatic rings. The van der Waals surface area contributed by atoms with Gasteiger partial charge in [-0.2, -0.15) is 4.98 Å². The summed E-state index contributed by atoms with van der Waals surface area (Å²) in [4.78, 5) is 8.32. The first kappa shape index (κ1) is 11.9. The van der Waals surface area contributed by atoms with Gasteiger partial charge in [-0.25, -0.2) is 0 Å². The molecule has 0 aliphatic heterocycles. The van der Waals surface area contributed by atoms with Crippen molar-refractivity contribution in [2.45, 2.75) is 6.54 Å². The van der Waals surface area contributed by atoms with E-state index in [9.17, 15) is 0 Å². The highest BCUT2D eigenvalue weighted by molar-refractivity contribution is 6.30. The molecule has 0 atom stereocenters. The van der Waals surface area contributed by atoms with Gasteiger partial charge in [0.1, 0.15) is 11.5 Å². The Bertz CT molecular complexity index is 690. The fourth-order valence-electron chi connectivity index (χ4n) is 1.54. The van der Waals surface area contributed by atoms with Crippen LogP contribution in [0.1, 0.15) is 5.76 Å². The molecule has 0 amide bonds. The molecule has 2 N–H and O–H groups in total. The number of hydrogen-bond acceptors (Lipinski definition) is 6. The van der Waals surface area contributed by atoms with E-state index in [-0.39, 0.29) is 5.89 Å². The second kappa shape index (κ2) is 4.83. The Morgan fingerprint density at radius 3 is 2.79 bits per heavy atom. The number of aromatic nitrogens is 3. The third kappa shape index (κ3) is 2.35. The highest BCUT2D eigenvalue weighted by Crippen LogP contribution is 2.23. The summed E-state index contributed by atoms with van der Waals surface area (Å²) in [5.41, 5.74) is 6.04. The van der Waals surface area contributed by atoms with Crippen LogP contribution in [0.4, 0.5) is 0 Å². The number of furan rings is 1. The summed E-state index contributed by atoms with van der Waals surface area (Å²) < 4.78 is 10.5. The summed E-state index contributed by atoms with van der Waals surface area (Å²) in [5, 5.41) is 4.39. The van der Waals surface area contributed by atoms with Gasteiger partial charge in [0, 0.05) is 6.20 Å². The van der Waals surface area contributed by atoms with E-state index in [0.29, 0.717) is 34.6 Å². The number of pyridine rings is 1. The maximum atomic E-state index is 5.77. The zero-order valence-corrected chi connectivity index (χ0v) is 10.5. The molecule has 0 bridgehead atoms. The molecule has 6 nitrogen and oxygen atoms in total. The molecule has 3 aromatic rings. The van der Waals surface area contributed by atoms with Crippen molar-refractivity contribution in [3.8, 4) is 23.2 Å². The predicted octanol–water partition coefficient (Wildman–Crippen LogP) is 2.50. The van der Waals surface area contributed by atoms with Crippen molar-refractivity contribution in [2.24, 2.45) is 5.73 Å². The molecule has 0 aliphatic carbocycles. The topological polar surface area (TPSA) is 91.0 Å². The monoisotopic (exact) mass is 276 g/mol. The van der Waals surface area contributed by atoms with Gasteiger partial charge in [0.15, 0.2) is 5.76 Å². The van der Waals surface area contributed by atoms with Crippen molar-refractivity contribution in [1.29, 1.82) is 0 Å². The van der Waals surface area contributed by atoms with E-state index >= 15 is 0 Å². The molecule has 0 aromatic carbocycles. The summed E-state index contributed by atoms with van der Waals surface area (Å²) in [5.74, 6) is 1.79. The molecule has 0 fully saturated rings. The van der Waals surface area contributed by atoms with Crippen molar-refractivity contribution in [3.63, 3.8) is 0 Å². The summed E-state index contributed by atoms with van der Waals surface area (Å²) in [7, 11) is 0. The molecule has 7 heteroatoms. The van der Waals surface area contributed by atoms with Crippen molar-refractivity contribution in [1.82, 2.24) is 15.1 Å². The van der Waals surface area contributed by atoms with Gasteiger partial charge in [0.05, 0.1) is 11.6 Å². The molecule has 3 rings (SSSR count). The molecular formula is C12H9ClN4O2. The number of rotatable bonds is 3. The van der Waals surface area contributed by atoms with Crippen molar-refractivity contribution in [2.75, 3.05) is 0 Å². The Morgan fingerprint density at radius 1 is 1.21 bits per heavy atom. The molecule has 19 heavy (non-hydrogen) atoms. The van der Waals surface area contributed by atoms with Crippen LogP contribution in [-0.2, 0) is 6.54 Å². The minimum absolute atomic E-state index is 0.284. The normalized spacial score (nSPS) is 10.8.